The summed E-state index contributed by atoms with van der Waals surface area (Å²) < 4.78 is 12.5. The van der Waals surface area contributed by atoms with E-state index >= 15 is 0 Å². The van der Waals surface area contributed by atoms with Crippen molar-refractivity contribution in [2.75, 3.05) is 18.4 Å². The van der Waals surface area contributed by atoms with Gasteiger partial charge in [-0.2, -0.15) is 0 Å². The van der Waals surface area contributed by atoms with Crippen LogP contribution in [-0.2, 0) is 15.9 Å². The smallest absolute Gasteiger partial charge is 0.410 e. The zero-order valence-corrected chi connectivity index (χ0v) is 20.3. The van der Waals surface area contributed by atoms with E-state index < -0.39 is 5.60 Å². The maximum absolute atomic E-state index is 12.3. The van der Waals surface area contributed by atoms with Crippen LogP contribution < -0.4 is 5.32 Å². The Morgan fingerprint density at radius 1 is 1.30 bits per heavy atom. The quantitative estimate of drug-likeness (QED) is 0.597. The Hall–Kier alpha value is -1.74. The standard InChI is InChI=1S/C21H32N4O3S2/c1-20(2,3)15-10-22-16(27-15)13-29-17-11-23-18(30-17)24-14-8-7-9-25(12-14)19(26)28-21(4,5)6/h10-11,14H,7-9,12-13H2,1-6H3,(H,23,24)/t14-/m0/s1. The number of ether oxygens (including phenoxy) is 1. The van der Waals surface area contributed by atoms with Crippen molar-refractivity contribution in [3.8, 4) is 0 Å². The van der Waals surface area contributed by atoms with Gasteiger partial charge in [-0.25, -0.2) is 14.8 Å². The minimum Gasteiger partial charge on any atom is -0.444 e. The topological polar surface area (TPSA) is 80.5 Å². The van der Waals surface area contributed by atoms with E-state index in [4.69, 9.17) is 9.15 Å². The molecule has 1 saturated heterocycles. The summed E-state index contributed by atoms with van der Waals surface area (Å²) in [6.07, 6.45) is 5.40. The molecule has 3 rings (SSSR count). The van der Waals surface area contributed by atoms with Gasteiger partial charge in [-0.3, -0.25) is 0 Å². The van der Waals surface area contributed by atoms with Gasteiger partial charge in [0.15, 0.2) is 5.13 Å². The largest absolute Gasteiger partial charge is 0.444 e. The zero-order chi connectivity index (χ0) is 21.9. The molecule has 0 spiro atoms. The molecule has 0 radical (unpaired) electrons. The summed E-state index contributed by atoms with van der Waals surface area (Å²) in [7, 11) is 0. The molecule has 2 aromatic rings. The molecule has 1 aliphatic heterocycles. The van der Waals surface area contributed by atoms with E-state index in [1.165, 1.54) is 0 Å². The fourth-order valence-electron chi connectivity index (χ4n) is 3.01. The second-order valence-electron chi connectivity index (χ2n) is 9.55. The molecule has 1 fully saturated rings. The molecular weight excluding hydrogens is 420 g/mol. The molecule has 2 aromatic heterocycles. The second-order valence-corrected chi connectivity index (χ2v) is 11.9. The van der Waals surface area contributed by atoms with Gasteiger partial charge in [0, 0.05) is 24.5 Å². The molecular formula is C21H32N4O3S2. The van der Waals surface area contributed by atoms with Crippen LogP contribution >= 0.6 is 23.1 Å². The van der Waals surface area contributed by atoms with E-state index in [2.05, 4.69) is 36.1 Å². The summed E-state index contributed by atoms with van der Waals surface area (Å²) in [5.41, 5.74) is -0.514. The lowest BCUT2D eigenvalue weighted by atomic mass is 9.94. The first-order valence-corrected chi connectivity index (χ1v) is 12.1. The number of nitrogens with zero attached hydrogens (tertiary/aromatic N) is 3. The van der Waals surface area contributed by atoms with E-state index in [-0.39, 0.29) is 17.6 Å². The Balaban J connectivity index is 1.50. The van der Waals surface area contributed by atoms with Crippen molar-refractivity contribution >= 4 is 34.3 Å². The van der Waals surface area contributed by atoms with Crippen LogP contribution in [-0.4, -0.2) is 45.7 Å². The van der Waals surface area contributed by atoms with E-state index in [0.717, 1.165) is 40.4 Å². The number of thioether (sulfide) groups is 1. The van der Waals surface area contributed by atoms with Crippen molar-refractivity contribution in [2.24, 2.45) is 0 Å². The van der Waals surface area contributed by atoms with Crippen molar-refractivity contribution in [1.29, 1.82) is 0 Å². The lowest BCUT2D eigenvalue weighted by Crippen LogP contribution is -2.46. The first kappa shape index (κ1) is 22.9. The minimum absolute atomic E-state index is 0.0370. The SMILES string of the molecule is CC(C)(C)OC(=O)N1CCC[C@H](Nc2ncc(SCc3ncc(C(C)(C)C)o3)s2)C1. The highest BCUT2D eigenvalue weighted by molar-refractivity contribution is 8.00. The Morgan fingerprint density at radius 2 is 2.07 bits per heavy atom. The molecule has 30 heavy (non-hydrogen) atoms. The maximum atomic E-state index is 12.3. The van der Waals surface area contributed by atoms with Gasteiger partial charge in [-0.1, -0.05) is 32.1 Å². The lowest BCUT2D eigenvalue weighted by molar-refractivity contribution is 0.0206. The Labute approximate surface area is 187 Å². The number of likely N-dealkylation sites (tertiary alicyclic amines) is 1. The third-order valence-electron chi connectivity index (χ3n) is 4.52. The van der Waals surface area contributed by atoms with Gasteiger partial charge in [-0.15, -0.1) is 11.8 Å². The molecule has 0 aliphatic carbocycles. The molecule has 1 atom stereocenters. The van der Waals surface area contributed by atoms with Crippen LogP contribution in [0.25, 0.3) is 0 Å². The molecule has 0 saturated carbocycles. The predicted molar refractivity (Wildman–Crippen MR) is 121 cm³/mol. The highest BCUT2D eigenvalue weighted by Gasteiger charge is 2.28. The van der Waals surface area contributed by atoms with Crippen molar-refractivity contribution in [2.45, 2.75) is 81.4 Å². The number of carbonyl (C=O) groups is 1. The van der Waals surface area contributed by atoms with Gasteiger partial charge in [0.05, 0.1) is 22.4 Å². The molecule has 1 N–H and O–H groups in total. The van der Waals surface area contributed by atoms with Gasteiger partial charge in [0.25, 0.3) is 0 Å². The van der Waals surface area contributed by atoms with E-state index in [9.17, 15) is 4.79 Å². The zero-order valence-electron chi connectivity index (χ0n) is 18.7. The fraction of sp³-hybridized carbons (Fsp3) is 0.667. The summed E-state index contributed by atoms with van der Waals surface area (Å²) in [6, 6.07) is 0.177. The van der Waals surface area contributed by atoms with Crippen LogP contribution in [0.2, 0.25) is 0 Å². The number of anilines is 1. The Morgan fingerprint density at radius 3 is 2.73 bits per heavy atom. The number of piperidine rings is 1. The Bertz CT molecular complexity index is 851. The number of aromatic nitrogens is 2. The number of thiazole rings is 1. The highest BCUT2D eigenvalue weighted by atomic mass is 32.2. The number of carbonyl (C=O) groups excluding carboxylic acids is 1. The lowest BCUT2D eigenvalue weighted by Gasteiger charge is -2.34. The number of nitrogens with one attached hydrogen (secondary N) is 1. The van der Waals surface area contributed by atoms with Crippen LogP contribution in [0.5, 0.6) is 0 Å². The number of rotatable bonds is 5. The average molecular weight is 453 g/mol. The van der Waals surface area contributed by atoms with Crippen LogP contribution in [0.15, 0.2) is 21.0 Å². The van der Waals surface area contributed by atoms with E-state index in [1.807, 2.05) is 33.2 Å². The van der Waals surface area contributed by atoms with Gasteiger partial charge < -0.3 is 19.4 Å². The molecule has 7 nitrogen and oxygen atoms in total. The highest BCUT2D eigenvalue weighted by Crippen LogP contribution is 2.32. The molecule has 0 unspecified atom stereocenters. The van der Waals surface area contributed by atoms with Gasteiger partial charge >= 0.3 is 6.09 Å². The van der Waals surface area contributed by atoms with Crippen molar-refractivity contribution in [1.82, 2.24) is 14.9 Å². The average Bonchev–Trinajstić information content (AvgIpc) is 3.28. The minimum atomic E-state index is -0.477. The monoisotopic (exact) mass is 452 g/mol. The maximum Gasteiger partial charge on any atom is 0.410 e. The van der Waals surface area contributed by atoms with Crippen LogP contribution in [0.4, 0.5) is 9.93 Å². The molecule has 3 heterocycles. The summed E-state index contributed by atoms with van der Waals surface area (Å²) in [5, 5.41) is 4.35. The van der Waals surface area contributed by atoms with Crippen molar-refractivity contribution in [3.63, 3.8) is 0 Å². The first-order valence-electron chi connectivity index (χ1n) is 10.3. The molecule has 1 aliphatic rings. The number of hydrogen-bond donors (Lipinski definition) is 1. The van der Waals surface area contributed by atoms with Gasteiger partial charge in [0.2, 0.25) is 5.89 Å². The van der Waals surface area contributed by atoms with E-state index in [0.29, 0.717) is 12.3 Å². The summed E-state index contributed by atoms with van der Waals surface area (Å²) in [6.45, 7) is 13.4. The molecule has 166 valence electrons. The van der Waals surface area contributed by atoms with E-state index in [1.54, 1.807) is 28.0 Å². The molecule has 9 heteroatoms. The first-order chi connectivity index (χ1) is 14.0. The van der Waals surface area contributed by atoms with Gasteiger partial charge in [0.1, 0.15) is 11.4 Å². The summed E-state index contributed by atoms with van der Waals surface area (Å²) in [4.78, 5) is 23.0. The summed E-state index contributed by atoms with van der Waals surface area (Å²) in [5.74, 6) is 2.30. The van der Waals surface area contributed by atoms with Crippen LogP contribution in [0.1, 0.15) is 66.0 Å². The number of hydrogen-bond acceptors (Lipinski definition) is 8. The second kappa shape index (κ2) is 9.18. The third kappa shape index (κ3) is 6.63. The summed E-state index contributed by atoms with van der Waals surface area (Å²) >= 11 is 3.28. The number of oxazole rings is 1. The fourth-order valence-corrected chi connectivity index (χ4v) is 4.81. The predicted octanol–water partition coefficient (Wildman–Crippen LogP) is 5.53. The normalized spacial score (nSPS) is 17.8. The number of amides is 1. The molecule has 0 aromatic carbocycles. The van der Waals surface area contributed by atoms with Gasteiger partial charge in [-0.05, 0) is 33.6 Å². The molecule has 0 bridgehead atoms. The van der Waals surface area contributed by atoms with Crippen molar-refractivity contribution in [3.05, 3.63) is 24.0 Å². The van der Waals surface area contributed by atoms with Crippen molar-refractivity contribution < 1.29 is 13.9 Å². The third-order valence-corrected chi connectivity index (χ3v) is 6.62. The molecule has 1 amide bonds. The van der Waals surface area contributed by atoms with Crippen LogP contribution in [0, 0.1) is 0 Å². The Kier molecular flexibility index (Phi) is 7.02. The van der Waals surface area contributed by atoms with Crippen LogP contribution in [0.3, 0.4) is 0 Å².